The Morgan fingerprint density at radius 2 is 1.59 bits per heavy atom. The van der Waals surface area contributed by atoms with E-state index in [-0.39, 0.29) is 5.78 Å². The summed E-state index contributed by atoms with van der Waals surface area (Å²) in [5.74, 6) is 0.702. The highest BCUT2D eigenvalue weighted by molar-refractivity contribution is 6.43. The van der Waals surface area contributed by atoms with Gasteiger partial charge in [-0.05, 0) is 60.2 Å². The zero-order valence-corrected chi connectivity index (χ0v) is 18.8. The highest BCUT2D eigenvalue weighted by Gasteiger charge is 2.09. The molecule has 0 unspecified atom stereocenters. The minimum absolute atomic E-state index is 0.213. The van der Waals surface area contributed by atoms with Crippen molar-refractivity contribution in [3.63, 3.8) is 0 Å². The molecule has 158 valence electrons. The van der Waals surface area contributed by atoms with Crippen molar-refractivity contribution in [3.05, 3.63) is 105 Å². The number of fused-ring (bicyclic) bond motifs is 1. The van der Waals surface area contributed by atoms with Gasteiger partial charge in [-0.2, -0.15) is 0 Å². The molecule has 0 N–H and O–H groups in total. The van der Waals surface area contributed by atoms with Crippen molar-refractivity contribution < 1.29 is 9.53 Å². The minimum atomic E-state index is -0.213. The number of hydrogen-bond donors (Lipinski definition) is 0. The molecule has 0 spiro atoms. The number of aromatic nitrogens is 2. The Kier molecular flexibility index (Phi) is 6.86. The lowest BCUT2D eigenvalue weighted by atomic mass is 10.1. The van der Waals surface area contributed by atoms with Gasteiger partial charge in [-0.1, -0.05) is 65.1 Å². The van der Waals surface area contributed by atoms with Crippen molar-refractivity contribution in [3.8, 4) is 11.6 Å². The smallest absolute Gasteiger partial charge is 0.230 e. The second kappa shape index (κ2) is 9.96. The van der Waals surface area contributed by atoms with Gasteiger partial charge in [-0.25, -0.2) is 9.97 Å². The Bertz CT molecular complexity index is 1370. The third-order valence-corrected chi connectivity index (χ3v) is 5.59. The van der Waals surface area contributed by atoms with E-state index in [1.165, 1.54) is 18.5 Å². The van der Waals surface area contributed by atoms with E-state index in [2.05, 4.69) is 9.97 Å². The molecule has 0 aliphatic carbocycles. The number of hydrogen-bond acceptors (Lipinski definition) is 4. The predicted molar refractivity (Wildman–Crippen MR) is 131 cm³/mol. The average Bonchev–Trinajstić information content (AvgIpc) is 2.80. The Balaban J connectivity index is 1.56. The number of nitrogens with zero attached hydrogens (tertiary/aromatic N) is 2. The van der Waals surface area contributed by atoms with Crippen LogP contribution in [-0.4, -0.2) is 15.8 Å². The Morgan fingerprint density at radius 1 is 0.844 bits per heavy atom. The van der Waals surface area contributed by atoms with Crippen LogP contribution >= 0.6 is 34.8 Å². The van der Waals surface area contributed by atoms with Crippen molar-refractivity contribution in [2.24, 2.45) is 0 Å². The third kappa shape index (κ3) is 5.17. The quantitative estimate of drug-likeness (QED) is 0.265. The van der Waals surface area contributed by atoms with Crippen LogP contribution in [0, 0.1) is 0 Å². The van der Waals surface area contributed by atoms with Crippen LogP contribution in [0.5, 0.6) is 11.6 Å². The Labute approximate surface area is 199 Å². The first-order valence-corrected chi connectivity index (χ1v) is 10.7. The molecule has 4 aromatic rings. The van der Waals surface area contributed by atoms with Crippen LogP contribution in [0.25, 0.3) is 23.1 Å². The fraction of sp³-hybridized carbons (Fsp3) is 0. The zero-order chi connectivity index (χ0) is 22.5. The molecule has 0 fully saturated rings. The van der Waals surface area contributed by atoms with E-state index < -0.39 is 0 Å². The number of carbonyl (C=O) groups excluding carboxylic acids is 1. The van der Waals surface area contributed by atoms with Crippen LogP contribution < -0.4 is 4.74 Å². The van der Waals surface area contributed by atoms with Crippen molar-refractivity contribution in [2.45, 2.75) is 0 Å². The number of carbonyl (C=O) groups is 1. The van der Waals surface area contributed by atoms with Crippen LogP contribution in [0.4, 0.5) is 0 Å². The minimum Gasteiger partial charge on any atom is -0.438 e. The molecule has 0 atom stereocenters. The second-order valence-electron chi connectivity index (χ2n) is 6.69. The number of rotatable bonds is 6. The fourth-order valence-electron chi connectivity index (χ4n) is 2.95. The molecule has 4 nitrogen and oxygen atoms in total. The molecule has 0 saturated carbocycles. The number of allylic oxidation sites excluding steroid dienone is 2. The normalized spacial score (nSPS) is 11.5. The molecular formula is C25H15Cl3N2O2. The second-order valence-corrected chi connectivity index (χ2v) is 7.91. The van der Waals surface area contributed by atoms with Crippen molar-refractivity contribution in [1.82, 2.24) is 9.97 Å². The van der Waals surface area contributed by atoms with Gasteiger partial charge in [0.05, 0.1) is 20.9 Å². The van der Waals surface area contributed by atoms with Gasteiger partial charge in [0.25, 0.3) is 0 Å². The first-order valence-electron chi connectivity index (χ1n) is 9.52. The highest BCUT2D eigenvalue weighted by atomic mass is 35.5. The summed E-state index contributed by atoms with van der Waals surface area (Å²) < 4.78 is 6.05. The lowest BCUT2D eigenvalue weighted by Crippen LogP contribution is -1.93. The maximum atomic E-state index is 12.3. The van der Waals surface area contributed by atoms with Gasteiger partial charge in [0.15, 0.2) is 5.78 Å². The lowest BCUT2D eigenvalue weighted by molar-refractivity contribution is -0.110. The first-order chi connectivity index (χ1) is 15.5. The zero-order valence-electron chi connectivity index (χ0n) is 16.5. The monoisotopic (exact) mass is 480 g/mol. The summed E-state index contributed by atoms with van der Waals surface area (Å²) in [5.41, 5.74) is 2.09. The Morgan fingerprint density at radius 3 is 2.44 bits per heavy atom. The topological polar surface area (TPSA) is 52.1 Å². The van der Waals surface area contributed by atoms with E-state index >= 15 is 0 Å². The molecule has 3 aromatic carbocycles. The average molecular weight is 482 g/mol. The molecular weight excluding hydrogens is 467 g/mol. The summed E-state index contributed by atoms with van der Waals surface area (Å²) in [7, 11) is 0. The van der Waals surface area contributed by atoms with Crippen molar-refractivity contribution >= 4 is 63.6 Å². The third-order valence-electron chi connectivity index (χ3n) is 4.52. The molecule has 0 amide bonds. The molecule has 0 aliphatic rings. The fourth-order valence-corrected chi connectivity index (χ4v) is 3.49. The van der Waals surface area contributed by atoms with Crippen molar-refractivity contribution in [1.29, 1.82) is 0 Å². The molecule has 0 bridgehead atoms. The molecule has 1 aromatic heterocycles. The maximum Gasteiger partial charge on any atom is 0.230 e. The van der Waals surface area contributed by atoms with Gasteiger partial charge in [0, 0.05) is 10.6 Å². The van der Waals surface area contributed by atoms with Crippen LogP contribution in [0.1, 0.15) is 11.1 Å². The van der Waals surface area contributed by atoms with Gasteiger partial charge < -0.3 is 4.74 Å². The van der Waals surface area contributed by atoms with Gasteiger partial charge >= 0.3 is 0 Å². The number of ketones is 1. The number of benzene rings is 3. The van der Waals surface area contributed by atoms with Gasteiger partial charge in [0.2, 0.25) is 5.88 Å². The summed E-state index contributed by atoms with van der Waals surface area (Å²) in [6.45, 7) is 0. The predicted octanol–water partition coefficient (Wildman–Crippen LogP) is 7.68. The lowest BCUT2D eigenvalue weighted by Gasteiger charge is -2.10. The molecule has 1 heterocycles. The molecule has 32 heavy (non-hydrogen) atoms. The summed E-state index contributed by atoms with van der Waals surface area (Å²) in [4.78, 5) is 20.8. The summed E-state index contributed by atoms with van der Waals surface area (Å²) in [5, 5.41) is 2.08. The molecule has 0 saturated heterocycles. The molecule has 4 rings (SSSR count). The summed E-state index contributed by atoms with van der Waals surface area (Å²) >= 11 is 18.3. The van der Waals surface area contributed by atoms with E-state index in [0.29, 0.717) is 48.7 Å². The largest absolute Gasteiger partial charge is 0.438 e. The summed E-state index contributed by atoms with van der Waals surface area (Å²) in [6.07, 6.45) is 7.61. The van der Waals surface area contributed by atoms with Crippen LogP contribution in [0.15, 0.2) is 79.1 Å². The SMILES string of the molecule is O=C(/C=C/c1ccccc1Oc1ncnc2ccc(Cl)cc12)/C=C/c1cccc(Cl)c1Cl. The van der Waals surface area contributed by atoms with Crippen LogP contribution in [0.3, 0.4) is 0 Å². The van der Waals surface area contributed by atoms with Gasteiger partial charge in [0.1, 0.15) is 12.1 Å². The number of halogens is 3. The molecule has 0 radical (unpaired) electrons. The van der Waals surface area contributed by atoms with E-state index in [1.54, 1.807) is 54.6 Å². The van der Waals surface area contributed by atoms with Crippen molar-refractivity contribution in [2.75, 3.05) is 0 Å². The van der Waals surface area contributed by atoms with E-state index in [9.17, 15) is 4.79 Å². The first kappa shape index (κ1) is 22.0. The van der Waals surface area contributed by atoms with Crippen LogP contribution in [-0.2, 0) is 4.79 Å². The van der Waals surface area contributed by atoms with E-state index in [1.807, 2.05) is 18.2 Å². The van der Waals surface area contributed by atoms with Gasteiger partial charge in [-0.15, -0.1) is 0 Å². The van der Waals surface area contributed by atoms with E-state index in [4.69, 9.17) is 39.5 Å². The molecule has 0 aliphatic heterocycles. The highest BCUT2D eigenvalue weighted by Crippen LogP contribution is 2.31. The van der Waals surface area contributed by atoms with E-state index in [0.717, 1.165) is 0 Å². The Hall–Kier alpha value is -3.18. The molecule has 7 heteroatoms. The maximum absolute atomic E-state index is 12.3. The van der Waals surface area contributed by atoms with Gasteiger partial charge in [-0.3, -0.25) is 4.79 Å². The van der Waals surface area contributed by atoms with Crippen LogP contribution in [0.2, 0.25) is 15.1 Å². The summed E-state index contributed by atoms with van der Waals surface area (Å²) in [6, 6.07) is 17.9. The number of ether oxygens (including phenoxy) is 1. The standard InChI is InChI=1S/C25H15Cl3N2O2/c26-18-10-13-22-20(14-18)25(30-15-29-22)32-23-7-2-1-4-16(23)8-11-19(31)12-9-17-5-3-6-21(27)24(17)28/h1-15H/b11-8+,12-9+. The number of para-hydroxylation sites is 1.